The standard InChI is InChI=1S/C18H19N3/c1-2-6-14(7-3-1)13-21-16-9-5-4-8-15(16)12-17(21)18-19-10-11-20-18/h1-9,17H,10-13H2,(H,19,20). The van der Waals surface area contributed by atoms with Crippen molar-refractivity contribution in [1.82, 2.24) is 5.32 Å². The van der Waals surface area contributed by atoms with Gasteiger partial charge in [-0.15, -0.1) is 0 Å². The van der Waals surface area contributed by atoms with Crippen LogP contribution in [-0.2, 0) is 13.0 Å². The molecule has 3 heteroatoms. The van der Waals surface area contributed by atoms with E-state index in [2.05, 4.69) is 69.8 Å². The summed E-state index contributed by atoms with van der Waals surface area (Å²) in [6, 6.07) is 19.8. The fourth-order valence-electron chi connectivity index (χ4n) is 3.31. The van der Waals surface area contributed by atoms with E-state index in [9.17, 15) is 0 Å². The van der Waals surface area contributed by atoms with Crippen LogP contribution in [0.2, 0.25) is 0 Å². The lowest BCUT2D eigenvalue weighted by atomic mass is 10.1. The second-order valence-electron chi connectivity index (χ2n) is 5.66. The van der Waals surface area contributed by atoms with Crippen molar-refractivity contribution in [3.05, 3.63) is 65.7 Å². The summed E-state index contributed by atoms with van der Waals surface area (Å²) in [5, 5.41) is 3.46. The Kier molecular flexibility index (Phi) is 3.11. The van der Waals surface area contributed by atoms with Gasteiger partial charge in [0, 0.05) is 25.2 Å². The van der Waals surface area contributed by atoms with Gasteiger partial charge in [-0.25, -0.2) is 0 Å². The first-order valence-electron chi connectivity index (χ1n) is 7.58. The molecule has 3 nitrogen and oxygen atoms in total. The second kappa shape index (κ2) is 5.24. The van der Waals surface area contributed by atoms with Crippen molar-refractivity contribution in [3.8, 4) is 0 Å². The van der Waals surface area contributed by atoms with E-state index in [-0.39, 0.29) is 0 Å². The highest BCUT2D eigenvalue weighted by Gasteiger charge is 2.33. The van der Waals surface area contributed by atoms with E-state index in [1.807, 2.05) is 0 Å². The second-order valence-corrected chi connectivity index (χ2v) is 5.66. The summed E-state index contributed by atoms with van der Waals surface area (Å²) in [6.07, 6.45) is 1.05. The minimum Gasteiger partial charge on any atom is -0.370 e. The molecule has 0 fully saturated rings. The van der Waals surface area contributed by atoms with Gasteiger partial charge in [-0.3, -0.25) is 4.99 Å². The van der Waals surface area contributed by atoms with E-state index >= 15 is 0 Å². The van der Waals surface area contributed by atoms with E-state index in [4.69, 9.17) is 0 Å². The summed E-state index contributed by atoms with van der Waals surface area (Å²) in [4.78, 5) is 7.14. The number of anilines is 1. The summed E-state index contributed by atoms with van der Waals surface area (Å²) >= 11 is 0. The van der Waals surface area contributed by atoms with Crippen LogP contribution in [0.25, 0.3) is 0 Å². The highest BCUT2D eigenvalue weighted by Crippen LogP contribution is 2.33. The zero-order valence-electron chi connectivity index (χ0n) is 12.0. The molecule has 0 saturated heterocycles. The Bertz CT molecular complexity index is 663. The number of hydrogen-bond acceptors (Lipinski definition) is 3. The van der Waals surface area contributed by atoms with Crippen molar-refractivity contribution in [2.24, 2.45) is 4.99 Å². The average Bonchev–Trinajstić information content (AvgIpc) is 3.16. The van der Waals surface area contributed by atoms with E-state index in [0.717, 1.165) is 31.9 Å². The van der Waals surface area contributed by atoms with Gasteiger partial charge in [-0.2, -0.15) is 0 Å². The van der Waals surface area contributed by atoms with Crippen LogP contribution < -0.4 is 10.2 Å². The number of para-hydroxylation sites is 1. The van der Waals surface area contributed by atoms with Gasteiger partial charge in [0.25, 0.3) is 0 Å². The first-order valence-corrected chi connectivity index (χ1v) is 7.58. The third-order valence-corrected chi connectivity index (χ3v) is 4.30. The maximum Gasteiger partial charge on any atom is 0.120 e. The molecule has 1 atom stereocenters. The molecule has 0 saturated carbocycles. The minimum atomic E-state index is 0.352. The SMILES string of the molecule is c1ccc(CN2c3ccccc3CC2C2=NCCN2)cc1. The van der Waals surface area contributed by atoms with Crippen molar-refractivity contribution < 1.29 is 0 Å². The summed E-state index contributed by atoms with van der Waals surface area (Å²) < 4.78 is 0. The molecule has 2 aromatic carbocycles. The lowest BCUT2D eigenvalue weighted by Crippen LogP contribution is -2.43. The normalized spacial score (nSPS) is 20.1. The number of fused-ring (bicyclic) bond motifs is 1. The van der Waals surface area contributed by atoms with Gasteiger partial charge in [-0.1, -0.05) is 48.5 Å². The fourth-order valence-corrected chi connectivity index (χ4v) is 3.31. The summed E-state index contributed by atoms with van der Waals surface area (Å²) in [5.41, 5.74) is 4.12. The third-order valence-electron chi connectivity index (χ3n) is 4.30. The smallest absolute Gasteiger partial charge is 0.120 e. The van der Waals surface area contributed by atoms with Gasteiger partial charge < -0.3 is 10.2 Å². The van der Waals surface area contributed by atoms with Crippen molar-refractivity contribution in [3.63, 3.8) is 0 Å². The van der Waals surface area contributed by atoms with Crippen molar-refractivity contribution >= 4 is 11.5 Å². The molecule has 1 unspecified atom stereocenters. The predicted octanol–water partition coefficient (Wildman–Crippen LogP) is 2.62. The molecule has 2 aromatic rings. The van der Waals surface area contributed by atoms with Gasteiger partial charge in [0.15, 0.2) is 0 Å². The molecule has 21 heavy (non-hydrogen) atoms. The lowest BCUT2D eigenvalue weighted by Gasteiger charge is -2.28. The molecule has 0 radical (unpaired) electrons. The van der Waals surface area contributed by atoms with Crippen LogP contribution in [-0.4, -0.2) is 25.0 Å². The Hall–Kier alpha value is -2.29. The molecule has 0 amide bonds. The molecular weight excluding hydrogens is 258 g/mol. The molecule has 0 spiro atoms. The van der Waals surface area contributed by atoms with Crippen molar-refractivity contribution in [1.29, 1.82) is 0 Å². The number of nitrogens with zero attached hydrogens (tertiary/aromatic N) is 2. The molecule has 2 aliphatic rings. The Morgan fingerprint density at radius 3 is 2.67 bits per heavy atom. The molecule has 4 rings (SSSR count). The number of amidine groups is 1. The highest BCUT2D eigenvalue weighted by molar-refractivity contribution is 5.93. The molecule has 2 aliphatic heterocycles. The first kappa shape index (κ1) is 12.5. The maximum atomic E-state index is 4.66. The van der Waals surface area contributed by atoms with Crippen LogP contribution in [0.15, 0.2) is 59.6 Å². The van der Waals surface area contributed by atoms with Crippen LogP contribution in [0.1, 0.15) is 11.1 Å². The van der Waals surface area contributed by atoms with Crippen LogP contribution in [0.3, 0.4) is 0 Å². The van der Waals surface area contributed by atoms with Gasteiger partial charge in [0.05, 0.1) is 12.6 Å². The van der Waals surface area contributed by atoms with Gasteiger partial charge >= 0.3 is 0 Å². The quantitative estimate of drug-likeness (QED) is 0.934. The van der Waals surface area contributed by atoms with Gasteiger partial charge in [0.1, 0.15) is 5.84 Å². The number of aliphatic imine (C=N–C) groups is 1. The maximum absolute atomic E-state index is 4.66. The van der Waals surface area contributed by atoms with E-state index in [0.29, 0.717) is 6.04 Å². The largest absolute Gasteiger partial charge is 0.370 e. The van der Waals surface area contributed by atoms with E-state index in [1.165, 1.54) is 16.8 Å². The van der Waals surface area contributed by atoms with Gasteiger partial charge in [-0.05, 0) is 17.2 Å². The summed E-state index contributed by atoms with van der Waals surface area (Å²) in [5.74, 6) is 1.15. The Balaban J connectivity index is 1.68. The molecule has 1 N–H and O–H groups in total. The number of nitrogens with one attached hydrogen (secondary N) is 1. The topological polar surface area (TPSA) is 27.6 Å². The van der Waals surface area contributed by atoms with Crippen molar-refractivity contribution in [2.45, 2.75) is 19.0 Å². The summed E-state index contributed by atoms with van der Waals surface area (Å²) in [7, 11) is 0. The first-order chi connectivity index (χ1) is 10.4. The number of rotatable bonds is 3. The van der Waals surface area contributed by atoms with Crippen LogP contribution in [0.5, 0.6) is 0 Å². The molecule has 0 bridgehead atoms. The van der Waals surface area contributed by atoms with E-state index in [1.54, 1.807) is 0 Å². The monoisotopic (exact) mass is 277 g/mol. The predicted molar refractivity (Wildman–Crippen MR) is 86.9 cm³/mol. The zero-order chi connectivity index (χ0) is 14.1. The molecule has 2 heterocycles. The molecule has 106 valence electrons. The zero-order valence-corrected chi connectivity index (χ0v) is 12.0. The molecule has 0 aliphatic carbocycles. The van der Waals surface area contributed by atoms with Crippen LogP contribution in [0.4, 0.5) is 5.69 Å². The fraction of sp³-hybridized carbons (Fsp3) is 0.278. The average molecular weight is 277 g/mol. The van der Waals surface area contributed by atoms with Crippen molar-refractivity contribution in [2.75, 3.05) is 18.0 Å². The minimum absolute atomic E-state index is 0.352. The summed E-state index contributed by atoms with van der Waals surface area (Å²) in [6.45, 7) is 2.81. The number of benzene rings is 2. The Morgan fingerprint density at radius 1 is 1.05 bits per heavy atom. The number of hydrogen-bond donors (Lipinski definition) is 1. The molecule has 0 aromatic heterocycles. The lowest BCUT2D eigenvalue weighted by molar-refractivity contribution is 0.739. The van der Waals surface area contributed by atoms with Crippen LogP contribution >= 0.6 is 0 Å². The van der Waals surface area contributed by atoms with E-state index < -0.39 is 0 Å². The Labute approximate surface area is 125 Å². The van der Waals surface area contributed by atoms with Crippen LogP contribution in [0, 0.1) is 0 Å². The Morgan fingerprint density at radius 2 is 1.86 bits per heavy atom. The molecular formula is C18H19N3. The third kappa shape index (κ3) is 2.29. The highest BCUT2D eigenvalue weighted by atomic mass is 15.2. The van der Waals surface area contributed by atoms with Gasteiger partial charge in [0.2, 0.25) is 0 Å².